The first kappa shape index (κ1) is 14.3. The van der Waals surface area contributed by atoms with E-state index in [0.29, 0.717) is 12.6 Å². The summed E-state index contributed by atoms with van der Waals surface area (Å²) in [6.45, 7) is 6.19. The minimum Gasteiger partial charge on any atom is -0.377 e. The molecule has 2 fully saturated rings. The Labute approximate surface area is 112 Å². The molecule has 0 atom stereocenters. The van der Waals surface area contributed by atoms with Crippen LogP contribution in [0.2, 0.25) is 0 Å². The Kier molecular flexibility index (Phi) is 5.93. The van der Waals surface area contributed by atoms with Crippen LogP contribution in [0.4, 0.5) is 0 Å². The Morgan fingerprint density at radius 1 is 1.06 bits per heavy atom. The molecule has 0 aromatic rings. The summed E-state index contributed by atoms with van der Waals surface area (Å²) >= 11 is 0. The van der Waals surface area contributed by atoms with Crippen LogP contribution >= 0.6 is 0 Å². The lowest BCUT2D eigenvalue weighted by Gasteiger charge is -2.40. The van der Waals surface area contributed by atoms with Crippen molar-refractivity contribution in [2.45, 2.75) is 64.0 Å². The summed E-state index contributed by atoms with van der Waals surface area (Å²) in [4.78, 5) is 2.72. The Morgan fingerprint density at radius 3 is 2.28 bits per heavy atom. The first-order valence-electron chi connectivity index (χ1n) is 7.89. The molecule has 2 aliphatic rings. The molecule has 18 heavy (non-hydrogen) atoms. The number of nitrogens with zero attached hydrogens (tertiary/aromatic N) is 1. The summed E-state index contributed by atoms with van der Waals surface area (Å²) in [6, 6.07) is 0.864. The van der Waals surface area contributed by atoms with Crippen molar-refractivity contribution in [3.63, 3.8) is 0 Å². The van der Waals surface area contributed by atoms with Crippen LogP contribution in [0.5, 0.6) is 0 Å². The average molecular weight is 254 g/mol. The van der Waals surface area contributed by atoms with Gasteiger partial charge in [-0.25, -0.2) is 0 Å². The van der Waals surface area contributed by atoms with Gasteiger partial charge in [0.15, 0.2) is 0 Å². The van der Waals surface area contributed by atoms with Gasteiger partial charge < -0.3 is 15.4 Å². The molecule has 0 aromatic carbocycles. The second-order valence-corrected chi connectivity index (χ2v) is 5.98. The van der Waals surface area contributed by atoms with E-state index in [2.05, 4.69) is 11.8 Å². The van der Waals surface area contributed by atoms with Gasteiger partial charge in [0.2, 0.25) is 0 Å². The number of nitrogens with two attached hydrogens (primary N) is 1. The van der Waals surface area contributed by atoms with Crippen LogP contribution in [0.1, 0.15) is 51.9 Å². The van der Waals surface area contributed by atoms with E-state index in [9.17, 15) is 0 Å². The van der Waals surface area contributed by atoms with Gasteiger partial charge in [0.05, 0.1) is 12.7 Å². The van der Waals surface area contributed by atoms with Crippen LogP contribution < -0.4 is 5.73 Å². The summed E-state index contributed by atoms with van der Waals surface area (Å²) < 4.78 is 5.75. The molecule has 1 aliphatic carbocycles. The van der Waals surface area contributed by atoms with Gasteiger partial charge in [-0.2, -0.15) is 0 Å². The van der Waals surface area contributed by atoms with Crippen molar-refractivity contribution in [2.75, 3.05) is 26.2 Å². The Hall–Kier alpha value is -0.120. The molecular weight excluding hydrogens is 224 g/mol. The molecule has 0 bridgehead atoms. The second-order valence-electron chi connectivity index (χ2n) is 5.98. The van der Waals surface area contributed by atoms with Crippen LogP contribution in [-0.2, 0) is 4.74 Å². The minimum absolute atomic E-state index is 0.469. The molecule has 1 aliphatic heterocycles. The highest BCUT2D eigenvalue weighted by Gasteiger charge is 2.28. The first-order chi connectivity index (χ1) is 8.83. The number of rotatable bonds is 5. The zero-order valence-corrected chi connectivity index (χ0v) is 11.9. The lowest BCUT2D eigenvalue weighted by atomic mass is 9.83. The fourth-order valence-corrected chi connectivity index (χ4v) is 3.56. The van der Waals surface area contributed by atoms with E-state index < -0.39 is 0 Å². The lowest BCUT2D eigenvalue weighted by Crippen LogP contribution is -2.45. The first-order valence-corrected chi connectivity index (χ1v) is 7.89. The van der Waals surface area contributed by atoms with Gasteiger partial charge in [0, 0.05) is 25.7 Å². The summed E-state index contributed by atoms with van der Waals surface area (Å²) in [5.74, 6) is 1.01. The average Bonchev–Trinajstić information content (AvgIpc) is 2.46. The van der Waals surface area contributed by atoms with Gasteiger partial charge in [-0.3, -0.25) is 0 Å². The van der Waals surface area contributed by atoms with Crippen molar-refractivity contribution >= 4 is 0 Å². The predicted octanol–water partition coefficient (Wildman–Crippen LogP) is 2.39. The zero-order valence-electron chi connectivity index (χ0n) is 11.9. The van der Waals surface area contributed by atoms with Gasteiger partial charge in [0.1, 0.15) is 0 Å². The minimum atomic E-state index is 0.469. The highest BCUT2D eigenvalue weighted by molar-refractivity contribution is 4.83. The fraction of sp³-hybridized carbons (Fsp3) is 1.00. The Balaban J connectivity index is 1.67. The standard InChI is InChI=1S/C15H30N2O/c1-2-13-3-5-14(6-4-13)17-10-7-15(8-11-17)18-12-9-16/h13-15H,2-12,16H2,1H3. The second kappa shape index (κ2) is 7.46. The molecule has 0 spiro atoms. The van der Waals surface area contributed by atoms with Gasteiger partial charge in [-0.05, 0) is 44.4 Å². The van der Waals surface area contributed by atoms with Crippen LogP contribution in [0, 0.1) is 5.92 Å². The predicted molar refractivity (Wildman–Crippen MR) is 75.6 cm³/mol. The summed E-state index contributed by atoms with van der Waals surface area (Å²) in [6.07, 6.45) is 10.00. The van der Waals surface area contributed by atoms with Crippen molar-refractivity contribution in [3.05, 3.63) is 0 Å². The zero-order chi connectivity index (χ0) is 12.8. The number of piperidine rings is 1. The number of likely N-dealkylation sites (tertiary alicyclic amines) is 1. The van der Waals surface area contributed by atoms with Crippen LogP contribution in [0.15, 0.2) is 0 Å². The SMILES string of the molecule is CCC1CCC(N2CCC(OCCN)CC2)CC1. The molecule has 3 nitrogen and oxygen atoms in total. The highest BCUT2D eigenvalue weighted by Crippen LogP contribution is 2.31. The summed E-state index contributed by atoms with van der Waals surface area (Å²) in [5, 5.41) is 0. The maximum Gasteiger partial charge on any atom is 0.0600 e. The summed E-state index contributed by atoms with van der Waals surface area (Å²) in [5.41, 5.74) is 5.48. The van der Waals surface area contributed by atoms with Crippen molar-refractivity contribution < 1.29 is 4.74 Å². The lowest BCUT2D eigenvalue weighted by molar-refractivity contribution is -0.00459. The molecule has 1 saturated heterocycles. The highest BCUT2D eigenvalue weighted by atomic mass is 16.5. The molecule has 106 valence electrons. The summed E-state index contributed by atoms with van der Waals surface area (Å²) in [7, 11) is 0. The van der Waals surface area contributed by atoms with E-state index in [4.69, 9.17) is 10.5 Å². The third-order valence-corrected chi connectivity index (χ3v) is 4.86. The topological polar surface area (TPSA) is 38.5 Å². The molecular formula is C15H30N2O. The van der Waals surface area contributed by atoms with Gasteiger partial charge in [-0.1, -0.05) is 13.3 Å². The van der Waals surface area contributed by atoms with Crippen LogP contribution in [0.25, 0.3) is 0 Å². The Bertz CT molecular complexity index is 219. The molecule has 0 radical (unpaired) electrons. The molecule has 2 rings (SSSR count). The van der Waals surface area contributed by atoms with Crippen molar-refractivity contribution in [3.8, 4) is 0 Å². The number of hydrogen-bond donors (Lipinski definition) is 1. The molecule has 2 N–H and O–H groups in total. The molecule has 0 amide bonds. The normalized spacial score (nSPS) is 31.7. The maximum atomic E-state index is 5.75. The largest absolute Gasteiger partial charge is 0.377 e. The maximum absolute atomic E-state index is 5.75. The third kappa shape index (κ3) is 3.94. The quantitative estimate of drug-likeness (QED) is 0.819. The monoisotopic (exact) mass is 254 g/mol. The number of hydrogen-bond acceptors (Lipinski definition) is 3. The van der Waals surface area contributed by atoms with Gasteiger partial charge >= 0.3 is 0 Å². The van der Waals surface area contributed by atoms with Gasteiger partial charge in [-0.15, -0.1) is 0 Å². The van der Waals surface area contributed by atoms with Crippen LogP contribution in [-0.4, -0.2) is 43.3 Å². The Morgan fingerprint density at radius 2 is 1.72 bits per heavy atom. The molecule has 1 heterocycles. The molecule has 0 unspecified atom stereocenters. The molecule has 3 heteroatoms. The van der Waals surface area contributed by atoms with E-state index in [0.717, 1.165) is 18.6 Å². The van der Waals surface area contributed by atoms with Crippen molar-refractivity contribution in [1.29, 1.82) is 0 Å². The fourth-order valence-electron chi connectivity index (χ4n) is 3.56. The van der Waals surface area contributed by atoms with E-state index in [1.807, 2.05) is 0 Å². The third-order valence-electron chi connectivity index (χ3n) is 4.86. The molecule has 0 aromatic heterocycles. The van der Waals surface area contributed by atoms with Crippen LogP contribution in [0.3, 0.4) is 0 Å². The van der Waals surface area contributed by atoms with E-state index >= 15 is 0 Å². The van der Waals surface area contributed by atoms with Crippen molar-refractivity contribution in [2.24, 2.45) is 11.7 Å². The number of ether oxygens (including phenoxy) is 1. The molecule has 1 saturated carbocycles. The van der Waals surface area contributed by atoms with Gasteiger partial charge in [0.25, 0.3) is 0 Å². The van der Waals surface area contributed by atoms with E-state index in [-0.39, 0.29) is 0 Å². The smallest absolute Gasteiger partial charge is 0.0600 e. The van der Waals surface area contributed by atoms with E-state index in [1.165, 1.54) is 58.0 Å². The van der Waals surface area contributed by atoms with E-state index in [1.54, 1.807) is 0 Å². The van der Waals surface area contributed by atoms with Crippen molar-refractivity contribution in [1.82, 2.24) is 4.90 Å².